The van der Waals surface area contributed by atoms with E-state index >= 15 is 0 Å². The standard InChI is InChI=1S/C14H11N5OS/c1-20-11-3-2-9(5-15)4-10(11)6-21-14-12-13(17-7-16-12)18-8-19-14/h2-4,7-8H,6H2,1H3,(H,16,17,18,19). The molecule has 0 bridgehead atoms. The minimum Gasteiger partial charge on any atom is -0.496 e. The zero-order valence-electron chi connectivity index (χ0n) is 11.2. The van der Waals surface area contributed by atoms with Crippen molar-refractivity contribution in [3.8, 4) is 11.8 Å². The van der Waals surface area contributed by atoms with Crippen molar-refractivity contribution >= 4 is 22.9 Å². The van der Waals surface area contributed by atoms with E-state index in [-0.39, 0.29) is 0 Å². The second-order valence-electron chi connectivity index (χ2n) is 4.21. The lowest BCUT2D eigenvalue weighted by Gasteiger charge is -2.08. The third-order valence-corrected chi connectivity index (χ3v) is 4.00. The first kappa shape index (κ1) is 13.4. The second kappa shape index (κ2) is 5.81. The topological polar surface area (TPSA) is 87.5 Å². The maximum atomic E-state index is 8.99. The highest BCUT2D eigenvalue weighted by molar-refractivity contribution is 7.98. The number of thioether (sulfide) groups is 1. The van der Waals surface area contributed by atoms with Crippen molar-refractivity contribution in [1.82, 2.24) is 19.9 Å². The van der Waals surface area contributed by atoms with Crippen LogP contribution in [0.1, 0.15) is 11.1 Å². The van der Waals surface area contributed by atoms with Gasteiger partial charge in [0.2, 0.25) is 0 Å². The molecule has 0 radical (unpaired) electrons. The van der Waals surface area contributed by atoms with Gasteiger partial charge in [0.05, 0.1) is 25.1 Å². The summed E-state index contributed by atoms with van der Waals surface area (Å²) in [6, 6.07) is 7.51. The number of benzene rings is 1. The molecule has 0 saturated carbocycles. The van der Waals surface area contributed by atoms with Crippen molar-refractivity contribution in [3.05, 3.63) is 42.0 Å². The van der Waals surface area contributed by atoms with Crippen LogP contribution in [0.2, 0.25) is 0 Å². The van der Waals surface area contributed by atoms with Gasteiger partial charge in [0.15, 0.2) is 5.65 Å². The smallest absolute Gasteiger partial charge is 0.181 e. The highest BCUT2D eigenvalue weighted by Crippen LogP contribution is 2.30. The number of hydrogen-bond acceptors (Lipinski definition) is 6. The van der Waals surface area contributed by atoms with Gasteiger partial charge in [-0.25, -0.2) is 15.0 Å². The van der Waals surface area contributed by atoms with Crippen LogP contribution in [-0.2, 0) is 5.75 Å². The molecule has 0 saturated heterocycles. The maximum absolute atomic E-state index is 8.99. The van der Waals surface area contributed by atoms with Gasteiger partial charge >= 0.3 is 0 Å². The summed E-state index contributed by atoms with van der Waals surface area (Å²) in [5, 5.41) is 9.81. The molecule has 1 aromatic carbocycles. The summed E-state index contributed by atoms with van der Waals surface area (Å²) >= 11 is 1.54. The summed E-state index contributed by atoms with van der Waals surface area (Å²) in [5.41, 5.74) is 3.02. The van der Waals surface area contributed by atoms with Crippen molar-refractivity contribution in [3.63, 3.8) is 0 Å². The summed E-state index contributed by atoms with van der Waals surface area (Å²) in [6.07, 6.45) is 3.09. The van der Waals surface area contributed by atoms with E-state index in [1.54, 1.807) is 37.3 Å². The predicted molar refractivity (Wildman–Crippen MR) is 79.0 cm³/mol. The molecule has 0 spiro atoms. The van der Waals surface area contributed by atoms with Crippen LogP contribution in [0, 0.1) is 11.3 Å². The lowest BCUT2D eigenvalue weighted by molar-refractivity contribution is 0.411. The average molecular weight is 297 g/mol. The van der Waals surface area contributed by atoms with Crippen LogP contribution in [-0.4, -0.2) is 27.0 Å². The molecule has 21 heavy (non-hydrogen) atoms. The fourth-order valence-corrected chi connectivity index (χ4v) is 2.89. The minimum atomic E-state index is 0.612. The van der Waals surface area contributed by atoms with Crippen LogP contribution in [0.25, 0.3) is 11.2 Å². The molecule has 104 valence electrons. The number of imidazole rings is 1. The number of aromatic nitrogens is 4. The van der Waals surface area contributed by atoms with E-state index in [0.29, 0.717) is 17.0 Å². The van der Waals surface area contributed by atoms with E-state index < -0.39 is 0 Å². The molecule has 7 heteroatoms. The summed E-state index contributed by atoms with van der Waals surface area (Å²) in [5.74, 6) is 1.40. The second-order valence-corrected chi connectivity index (χ2v) is 5.17. The number of methoxy groups -OCH3 is 1. The Balaban J connectivity index is 1.88. The van der Waals surface area contributed by atoms with Crippen molar-refractivity contribution in [2.75, 3.05) is 7.11 Å². The molecule has 0 fully saturated rings. The minimum absolute atomic E-state index is 0.612. The summed E-state index contributed by atoms with van der Waals surface area (Å²) in [7, 11) is 1.62. The van der Waals surface area contributed by atoms with Crippen molar-refractivity contribution in [2.45, 2.75) is 10.8 Å². The molecule has 1 N–H and O–H groups in total. The fraction of sp³-hybridized carbons (Fsp3) is 0.143. The highest BCUT2D eigenvalue weighted by atomic mass is 32.2. The fourth-order valence-electron chi connectivity index (χ4n) is 1.96. The SMILES string of the molecule is COc1ccc(C#N)cc1CSc1ncnc2nc[nH]c12. The number of aromatic amines is 1. The molecule has 0 unspecified atom stereocenters. The number of H-pyrrole nitrogens is 1. The van der Waals surface area contributed by atoms with E-state index in [0.717, 1.165) is 21.9 Å². The molecular formula is C14H11N5OS. The van der Waals surface area contributed by atoms with Gasteiger partial charge in [-0.05, 0) is 18.2 Å². The molecule has 3 aromatic rings. The zero-order chi connectivity index (χ0) is 14.7. The highest BCUT2D eigenvalue weighted by Gasteiger charge is 2.09. The van der Waals surface area contributed by atoms with Crippen LogP contribution >= 0.6 is 11.8 Å². The van der Waals surface area contributed by atoms with Gasteiger partial charge in [0.1, 0.15) is 22.6 Å². The number of rotatable bonds is 4. The van der Waals surface area contributed by atoms with Gasteiger partial charge in [-0.3, -0.25) is 0 Å². The molecule has 0 aliphatic heterocycles. The number of fused-ring (bicyclic) bond motifs is 1. The third kappa shape index (κ3) is 2.66. The van der Waals surface area contributed by atoms with E-state index in [9.17, 15) is 0 Å². The van der Waals surface area contributed by atoms with Crippen LogP contribution in [0.3, 0.4) is 0 Å². The molecule has 0 aliphatic rings. The van der Waals surface area contributed by atoms with Gasteiger partial charge in [0, 0.05) is 11.3 Å². The normalized spacial score (nSPS) is 10.5. The molecule has 6 nitrogen and oxygen atoms in total. The largest absolute Gasteiger partial charge is 0.496 e. The predicted octanol–water partition coefficient (Wildman–Crippen LogP) is 2.53. The molecule has 0 amide bonds. The molecular weight excluding hydrogens is 286 g/mol. The van der Waals surface area contributed by atoms with E-state index in [2.05, 4.69) is 26.0 Å². The Bertz CT molecular complexity index is 824. The molecule has 2 aromatic heterocycles. The Morgan fingerprint density at radius 2 is 2.24 bits per heavy atom. The Morgan fingerprint density at radius 1 is 1.33 bits per heavy atom. The van der Waals surface area contributed by atoms with Gasteiger partial charge in [-0.15, -0.1) is 0 Å². The Morgan fingerprint density at radius 3 is 3.05 bits per heavy atom. The van der Waals surface area contributed by atoms with E-state index in [1.165, 1.54) is 6.33 Å². The Kier molecular flexibility index (Phi) is 3.71. The monoisotopic (exact) mass is 297 g/mol. The number of nitrogens with zero attached hydrogens (tertiary/aromatic N) is 4. The molecule has 0 aliphatic carbocycles. The van der Waals surface area contributed by atoms with E-state index in [1.807, 2.05) is 6.07 Å². The van der Waals surface area contributed by atoms with Crippen molar-refractivity contribution in [1.29, 1.82) is 5.26 Å². The Hall–Kier alpha value is -2.59. The van der Waals surface area contributed by atoms with Crippen LogP contribution in [0.15, 0.2) is 35.9 Å². The third-order valence-electron chi connectivity index (χ3n) is 2.96. The molecule has 0 atom stereocenters. The number of nitrogens with one attached hydrogen (secondary N) is 1. The number of hydrogen-bond donors (Lipinski definition) is 1. The summed E-state index contributed by atoms with van der Waals surface area (Å²) < 4.78 is 5.33. The quantitative estimate of drug-likeness (QED) is 0.588. The van der Waals surface area contributed by atoms with Crippen LogP contribution < -0.4 is 4.74 Å². The van der Waals surface area contributed by atoms with E-state index in [4.69, 9.17) is 10.00 Å². The van der Waals surface area contributed by atoms with Gasteiger partial charge < -0.3 is 9.72 Å². The Labute approximate surface area is 125 Å². The van der Waals surface area contributed by atoms with Crippen molar-refractivity contribution < 1.29 is 4.74 Å². The summed E-state index contributed by atoms with van der Waals surface area (Å²) in [6.45, 7) is 0. The number of ether oxygens (including phenoxy) is 1. The lowest BCUT2D eigenvalue weighted by atomic mass is 10.1. The van der Waals surface area contributed by atoms with Crippen molar-refractivity contribution in [2.24, 2.45) is 0 Å². The lowest BCUT2D eigenvalue weighted by Crippen LogP contribution is -1.93. The van der Waals surface area contributed by atoms with Gasteiger partial charge in [-0.1, -0.05) is 11.8 Å². The molecule has 3 rings (SSSR count). The first-order chi connectivity index (χ1) is 10.3. The molecule has 2 heterocycles. The zero-order valence-corrected chi connectivity index (χ0v) is 12.0. The first-order valence-electron chi connectivity index (χ1n) is 6.15. The summed E-state index contributed by atoms with van der Waals surface area (Å²) in [4.78, 5) is 15.5. The van der Waals surface area contributed by atoms with Gasteiger partial charge in [0.25, 0.3) is 0 Å². The van der Waals surface area contributed by atoms with Crippen LogP contribution in [0.4, 0.5) is 0 Å². The van der Waals surface area contributed by atoms with Crippen LogP contribution in [0.5, 0.6) is 5.75 Å². The maximum Gasteiger partial charge on any atom is 0.181 e. The average Bonchev–Trinajstić information content (AvgIpc) is 3.01. The number of nitriles is 1. The van der Waals surface area contributed by atoms with Gasteiger partial charge in [-0.2, -0.15) is 5.26 Å². The first-order valence-corrected chi connectivity index (χ1v) is 7.14.